The van der Waals surface area contributed by atoms with Gasteiger partial charge in [0, 0.05) is 30.4 Å². The first-order valence-electron chi connectivity index (χ1n) is 12.3. The Morgan fingerprint density at radius 3 is 2.67 bits per heavy atom. The summed E-state index contributed by atoms with van der Waals surface area (Å²) in [5, 5.41) is 6.62. The molecule has 0 amide bonds. The first kappa shape index (κ1) is 23.2. The van der Waals surface area contributed by atoms with Crippen LogP contribution in [0.2, 0.25) is 0 Å². The lowest BCUT2D eigenvalue weighted by Gasteiger charge is -2.22. The van der Waals surface area contributed by atoms with Gasteiger partial charge >= 0.3 is 0 Å². The minimum atomic E-state index is 0.322. The molecular formula is C28H36N4O. The number of hydrogen-bond donors (Lipinski definition) is 1. The fraction of sp³-hybridized carbons (Fsp3) is 0.429. The van der Waals surface area contributed by atoms with Crippen molar-refractivity contribution < 1.29 is 4.74 Å². The molecule has 1 aliphatic carbocycles. The lowest BCUT2D eigenvalue weighted by molar-refractivity contribution is 0.149. The van der Waals surface area contributed by atoms with E-state index in [4.69, 9.17) is 4.74 Å². The Bertz CT molecular complexity index is 1170. The Morgan fingerprint density at radius 1 is 1.18 bits per heavy atom. The third-order valence-corrected chi connectivity index (χ3v) is 6.51. The van der Waals surface area contributed by atoms with Gasteiger partial charge in [0.05, 0.1) is 11.7 Å². The molecule has 174 valence electrons. The van der Waals surface area contributed by atoms with Crippen LogP contribution in [0.25, 0.3) is 23.2 Å². The molecule has 0 bridgehead atoms. The highest BCUT2D eigenvalue weighted by atomic mass is 16.5. The van der Waals surface area contributed by atoms with Gasteiger partial charge in [-0.1, -0.05) is 37.6 Å². The highest BCUT2D eigenvalue weighted by Crippen LogP contribution is 2.25. The Morgan fingerprint density at radius 2 is 1.97 bits per heavy atom. The maximum Gasteiger partial charge on any atom is 0.214 e. The SMILES string of the molecule is C1CNC1.C=N/C=c1/cccc(CC)/c1=C/Cn1ccc2cc(OC3CCCCC3)ncc21. The van der Waals surface area contributed by atoms with E-state index in [9.17, 15) is 0 Å². The molecule has 2 aromatic heterocycles. The van der Waals surface area contributed by atoms with E-state index < -0.39 is 0 Å². The number of aryl methyl sites for hydroxylation is 1. The summed E-state index contributed by atoms with van der Waals surface area (Å²) in [6.45, 7) is 9.07. The predicted octanol–water partition coefficient (Wildman–Crippen LogP) is 4.21. The van der Waals surface area contributed by atoms with Crippen molar-refractivity contribution in [2.75, 3.05) is 13.1 Å². The zero-order valence-electron chi connectivity index (χ0n) is 19.8. The zero-order valence-corrected chi connectivity index (χ0v) is 19.8. The average Bonchev–Trinajstić information content (AvgIpc) is 3.20. The molecule has 5 rings (SSSR count). The highest BCUT2D eigenvalue weighted by Gasteiger charge is 2.15. The molecule has 0 unspecified atom stereocenters. The van der Waals surface area contributed by atoms with Gasteiger partial charge in [-0.2, -0.15) is 0 Å². The van der Waals surface area contributed by atoms with Crippen molar-refractivity contribution >= 4 is 29.9 Å². The molecule has 5 nitrogen and oxygen atoms in total. The van der Waals surface area contributed by atoms with Gasteiger partial charge in [0.25, 0.3) is 0 Å². The van der Waals surface area contributed by atoms with Crippen LogP contribution in [0.3, 0.4) is 0 Å². The van der Waals surface area contributed by atoms with Crippen LogP contribution in [-0.4, -0.2) is 35.5 Å². The van der Waals surface area contributed by atoms with E-state index in [0.29, 0.717) is 6.10 Å². The van der Waals surface area contributed by atoms with Crippen molar-refractivity contribution in [2.45, 2.75) is 64.5 Å². The molecule has 2 aliphatic rings. The van der Waals surface area contributed by atoms with E-state index in [1.54, 1.807) is 0 Å². The summed E-state index contributed by atoms with van der Waals surface area (Å²) in [5.41, 5.74) is 2.44. The van der Waals surface area contributed by atoms with Crippen LogP contribution in [0.5, 0.6) is 5.88 Å². The van der Waals surface area contributed by atoms with Gasteiger partial charge in [-0.3, -0.25) is 4.99 Å². The summed E-state index contributed by atoms with van der Waals surface area (Å²) in [4.78, 5) is 8.55. The van der Waals surface area contributed by atoms with E-state index in [1.807, 2.05) is 12.4 Å². The van der Waals surface area contributed by atoms with Gasteiger partial charge in [-0.05, 0) is 80.4 Å². The molecule has 33 heavy (non-hydrogen) atoms. The second kappa shape index (κ2) is 11.8. The van der Waals surface area contributed by atoms with Gasteiger partial charge in [-0.25, -0.2) is 4.98 Å². The summed E-state index contributed by atoms with van der Waals surface area (Å²) in [6, 6.07) is 10.6. The largest absolute Gasteiger partial charge is 0.474 e. The maximum absolute atomic E-state index is 6.13. The number of nitrogens with zero attached hydrogens (tertiary/aromatic N) is 3. The van der Waals surface area contributed by atoms with E-state index in [-0.39, 0.29) is 0 Å². The minimum Gasteiger partial charge on any atom is -0.474 e. The number of aromatic nitrogens is 2. The monoisotopic (exact) mass is 444 g/mol. The number of pyridine rings is 1. The number of hydrogen-bond acceptors (Lipinski definition) is 4. The fourth-order valence-corrected chi connectivity index (χ4v) is 4.41. The topological polar surface area (TPSA) is 51.4 Å². The molecule has 0 atom stereocenters. The summed E-state index contributed by atoms with van der Waals surface area (Å²) in [5.74, 6) is 0.747. The van der Waals surface area contributed by atoms with Crippen molar-refractivity contribution in [3.63, 3.8) is 0 Å². The lowest BCUT2D eigenvalue weighted by Crippen LogP contribution is -2.29. The summed E-state index contributed by atoms with van der Waals surface area (Å²) < 4.78 is 8.35. The zero-order chi connectivity index (χ0) is 22.9. The number of fused-ring (bicyclic) bond motifs is 1. The molecule has 1 saturated carbocycles. The quantitative estimate of drug-likeness (QED) is 0.580. The van der Waals surface area contributed by atoms with Crippen LogP contribution in [-0.2, 0) is 13.0 Å². The van der Waals surface area contributed by atoms with Crippen molar-refractivity contribution in [1.29, 1.82) is 0 Å². The normalized spacial score (nSPS) is 17.4. The van der Waals surface area contributed by atoms with Gasteiger partial charge in [0.2, 0.25) is 5.88 Å². The highest BCUT2D eigenvalue weighted by molar-refractivity contribution is 5.80. The smallest absolute Gasteiger partial charge is 0.214 e. The van der Waals surface area contributed by atoms with Crippen LogP contribution in [0.1, 0.15) is 51.0 Å². The molecule has 3 aromatic rings. The van der Waals surface area contributed by atoms with Crippen LogP contribution >= 0.6 is 0 Å². The Hall–Kier alpha value is -2.92. The van der Waals surface area contributed by atoms with Crippen molar-refractivity contribution in [3.05, 3.63) is 58.7 Å². The van der Waals surface area contributed by atoms with Gasteiger partial charge in [0.15, 0.2) is 0 Å². The molecule has 1 aromatic carbocycles. The molecule has 1 aliphatic heterocycles. The molecule has 2 fully saturated rings. The van der Waals surface area contributed by atoms with Crippen LogP contribution in [0.15, 0.2) is 47.7 Å². The van der Waals surface area contributed by atoms with E-state index in [0.717, 1.165) is 42.4 Å². The first-order valence-corrected chi connectivity index (χ1v) is 12.3. The first-order chi connectivity index (χ1) is 16.3. The third-order valence-electron chi connectivity index (χ3n) is 6.51. The van der Waals surface area contributed by atoms with Gasteiger partial charge in [-0.15, -0.1) is 0 Å². The molecule has 1 N–H and O–H groups in total. The Labute approximate surface area is 196 Å². The lowest BCUT2D eigenvalue weighted by atomic mass is 9.98. The second-order valence-electron chi connectivity index (χ2n) is 8.82. The number of ether oxygens (including phenoxy) is 1. The molecular weight excluding hydrogens is 408 g/mol. The average molecular weight is 445 g/mol. The Balaban J connectivity index is 0.000000586. The molecule has 0 spiro atoms. The van der Waals surface area contributed by atoms with Gasteiger partial charge in [0.1, 0.15) is 6.10 Å². The van der Waals surface area contributed by atoms with Crippen LogP contribution in [0, 0.1) is 0 Å². The molecule has 0 radical (unpaired) electrons. The van der Waals surface area contributed by atoms with Crippen molar-refractivity contribution in [1.82, 2.24) is 14.9 Å². The Kier molecular flexibility index (Phi) is 8.31. The summed E-state index contributed by atoms with van der Waals surface area (Å²) in [7, 11) is 0. The predicted molar refractivity (Wildman–Crippen MR) is 138 cm³/mol. The minimum absolute atomic E-state index is 0.322. The van der Waals surface area contributed by atoms with E-state index in [1.165, 1.54) is 54.9 Å². The summed E-state index contributed by atoms with van der Waals surface area (Å²) >= 11 is 0. The van der Waals surface area contributed by atoms with Crippen molar-refractivity contribution in [2.24, 2.45) is 4.99 Å². The second-order valence-corrected chi connectivity index (χ2v) is 8.82. The molecule has 5 heteroatoms. The maximum atomic E-state index is 6.13. The number of rotatable bonds is 6. The van der Waals surface area contributed by atoms with Crippen LogP contribution in [0.4, 0.5) is 0 Å². The molecule has 1 saturated heterocycles. The van der Waals surface area contributed by atoms with Gasteiger partial charge < -0.3 is 14.6 Å². The van der Waals surface area contributed by atoms with E-state index >= 15 is 0 Å². The fourth-order valence-electron chi connectivity index (χ4n) is 4.41. The third kappa shape index (κ3) is 6.11. The van der Waals surface area contributed by atoms with Crippen molar-refractivity contribution in [3.8, 4) is 5.88 Å². The number of aliphatic imine (C=N–C) groups is 1. The number of benzene rings is 1. The van der Waals surface area contributed by atoms with Crippen LogP contribution < -0.4 is 20.5 Å². The molecule has 3 heterocycles. The summed E-state index contributed by atoms with van der Waals surface area (Å²) in [6.07, 6.45) is 17.0. The number of nitrogens with one attached hydrogen (secondary N) is 1. The standard InChI is InChI=1S/C25H29N3O.C3H7N/c1-3-19-8-7-9-21(17-26-2)23(19)13-15-28-14-12-20-16-25(27-18-24(20)28)29-22-10-5-4-6-11-22;1-2-4-3-1/h7-9,12-14,16-18,22H,2-6,10-11,15H2,1H3;4H,1-3H2/b21-17-,23-13-;. The van der Waals surface area contributed by atoms with E-state index in [2.05, 4.69) is 76.1 Å².